The maximum Gasteiger partial charge on any atom is 0.224 e. The monoisotopic (exact) mass is 247 g/mol. The minimum Gasteiger partial charge on any atom is -0.469 e. The second-order valence-electron chi connectivity index (χ2n) is 5.14. The van der Waals surface area contributed by atoms with Gasteiger partial charge in [0, 0.05) is 30.4 Å². The summed E-state index contributed by atoms with van der Waals surface area (Å²) in [5, 5.41) is 12.0. The molecule has 1 aromatic heterocycles. The van der Waals surface area contributed by atoms with Crippen LogP contribution in [-0.4, -0.2) is 23.7 Å². The van der Waals surface area contributed by atoms with E-state index >= 15 is 0 Å². The number of hydrogen-bond acceptors (Lipinski definition) is 3. The molecule has 4 nitrogen and oxygen atoms in total. The molecule has 96 valence electrons. The number of nitrogens with one attached hydrogen (secondary N) is 1. The Balaban J connectivity index is 1.51. The molecule has 2 aliphatic rings. The highest BCUT2D eigenvalue weighted by Crippen LogP contribution is 2.47. The van der Waals surface area contributed by atoms with Gasteiger partial charge in [0.15, 0.2) is 0 Å². The van der Waals surface area contributed by atoms with Gasteiger partial charge in [-0.2, -0.15) is 0 Å². The van der Waals surface area contributed by atoms with Gasteiger partial charge in [-0.25, -0.2) is 0 Å². The van der Waals surface area contributed by atoms with Crippen LogP contribution in [0.5, 0.6) is 0 Å². The van der Waals surface area contributed by atoms with Crippen LogP contribution >= 0.6 is 0 Å². The molecule has 0 spiro atoms. The number of aliphatic hydroxyl groups is 1. The molecule has 1 heterocycles. The highest BCUT2D eigenvalue weighted by molar-refractivity contribution is 5.83. The van der Waals surface area contributed by atoms with Gasteiger partial charge in [0.2, 0.25) is 5.91 Å². The molecular formula is C14H17NO3. The molecule has 0 aromatic carbocycles. The minimum atomic E-state index is 0.0535. The van der Waals surface area contributed by atoms with Crippen molar-refractivity contribution in [2.24, 2.45) is 11.8 Å². The Morgan fingerprint density at radius 3 is 3.00 bits per heavy atom. The number of amides is 1. The van der Waals surface area contributed by atoms with Gasteiger partial charge in [-0.15, -0.1) is 0 Å². The molecule has 0 bridgehead atoms. The highest BCUT2D eigenvalue weighted by atomic mass is 16.3. The van der Waals surface area contributed by atoms with E-state index in [1.54, 1.807) is 6.26 Å². The number of aliphatic hydroxyl groups excluding tert-OH is 1. The average molecular weight is 247 g/mol. The van der Waals surface area contributed by atoms with Crippen molar-refractivity contribution in [3.8, 4) is 0 Å². The molecule has 2 aliphatic carbocycles. The number of carbonyl (C=O) groups excluding carboxylic acids is 1. The summed E-state index contributed by atoms with van der Waals surface area (Å²) in [4.78, 5) is 12.0. The van der Waals surface area contributed by atoms with Crippen molar-refractivity contribution >= 4 is 5.91 Å². The van der Waals surface area contributed by atoms with E-state index in [-0.39, 0.29) is 36.3 Å². The van der Waals surface area contributed by atoms with Gasteiger partial charge >= 0.3 is 0 Å². The van der Waals surface area contributed by atoms with Crippen LogP contribution in [0.15, 0.2) is 35.0 Å². The fourth-order valence-electron chi connectivity index (χ4n) is 2.61. The Kier molecular flexibility index (Phi) is 2.96. The maximum absolute atomic E-state index is 12.0. The SMILES string of the molecule is O=C(N[C@@H]1C=C[C@H](CO)C1)C1CC1c1ccco1. The third-order valence-corrected chi connectivity index (χ3v) is 3.77. The van der Waals surface area contributed by atoms with Crippen LogP contribution < -0.4 is 5.32 Å². The zero-order valence-corrected chi connectivity index (χ0v) is 10.1. The van der Waals surface area contributed by atoms with E-state index < -0.39 is 0 Å². The first-order chi connectivity index (χ1) is 8.78. The summed E-state index contributed by atoms with van der Waals surface area (Å²) in [6, 6.07) is 3.86. The second-order valence-corrected chi connectivity index (χ2v) is 5.14. The van der Waals surface area contributed by atoms with E-state index in [0.717, 1.165) is 18.6 Å². The molecule has 18 heavy (non-hydrogen) atoms. The summed E-state index contributed by atoms with van der Waals surface area (Å²) in [7, 11) is 0. The molecule has 2 N–H and O–H groups in total. The summed E-state index contributed by atoms with van der Waals surface area (Å²) in [6.07, 6.45) is 7.28. The molecule has 0 aliphatic heterocycles. The van der Waals surface area contributed by atoms with Gasteiger partial charge in [-0.1, -0.05) is 12.2 Å². The zero-order chi connectivity index (χ0) is 12.5. The summed E-state index contributed by atoms with van der Waals surface area (Å²) in [5.74, 6) is 1.50. The van der Waals surface area contributed by atoms with Crippen LogP contribution in [0.3, 0.4) is 0 Å². The van der Waals surface area contributed by atoms with Crippen LogP contribution in [0.25, 0.3) is 0 Å². The lowest BCUT2D eigenvalue weighted by Crippen LogP contribution is -2.34. The zero-order valence-electron chi connectivity index (χ0n) is 10.1. The second kappa shape index (κ2) is 4.61. The predicted octanol–water partition coefficient (Wildman–Crippen LogP) is 1.44. The quantitative estimate of drug-likeness (QED) is 0.791. The first-order valence-electron chi connectivity index (χ1n) is 6.41. The molecular weight excluding hydrogens is 230 g/mol. The third kappa shape index (κ3) is 2.20. The predicted molar refractivity (Wildman–Crippen MR) is 65.8 cm³/mol. The average Bonchev–Trinajstić information content (AvgIpc) is 2.80. The van der Waals surface area contributed by atoms with E-state index in [2.05, 4.69) is 5.32 Å². The number of furan rings is 1. The number of hydrogen-bond donors (Lipinski definition) is 2. The summed E-state index contributed by atoms with van der Waals surface area (Å²) in [6.45, 7) is 0.154. The normalized spacial score (nSPS) is 33.6. The van der Waals surface area contributed by atoms with Crippen LogP contribution in [0.1, 0.15) is 24.5 Å². The number of carbonyl (C=O) groups is 1. The van der Waals surface area contributed by atoms with Crippen molar-refractivity contribution in [1.82, 2.24) is 5.32 Å². The van der Waals surface area contributed by atoms with E-state index in [1.807, 2.05) is 24.3 Å². The number of rotatable bonds is 4. The van der Waals surface area contributed by atoms with Crippen molar-refractivity contribution in [2.45, 2.75) is 24.8 Å². The standard InChI is InChI=1S/C14H17NO3/c16-8-9-3-4-10(6-9)15-14(17)12-7-11(12)13-2-1-5-18-13/h1-5,9-12,16H,6-8H2,(H,15,17)/t9-,10+,11?,12?/m0/s1. The van der Waals surface area contributed by atoms with Crippen molar-refractivity contribution in [1.29, 1.82) is 0 Å². The molecule has 4 heteroatoms. The lowest BCUT2D eigenvalue weighted by molar-refractivity contribution is -0.122. The van der Waals surface area contributed by atoms with Gasteiger partial charge in [0.25, 0.3) is 0 Å². The van der Waals surface area contributed by atoms with E-state index in [1.165, 1.54) is 0 Å². The fraction of sp³-hybridized carbons (Fsp3) is 0.500. The van der Waals surface area contributed by atoms with Gasteiger partial charge in [-0.3, -0.25) is 4.79 Å². The molecule has 1 amide bonds. The van der Waals surface area contributed by atoms with Crippen LogP contribution in [0, 0.1) is 11.8 Å². The van der Waals surface area contributed by atoms with Crippen molar-refractivity contribution < 1.29 is 14.3 Å². The van der Waals surface area contributed by atoms with Gasteiger partial charge in [0.1, 0.15) is 5.76 Å². The largest absolute Gasteiger partial charge is 0.469 e. The van der Waals surface area contributed by atoms with E-state index in [4.69, 9.17) is 9.52 Å². The van der Waals surface area contributed by atoms with Crippen molar-refractivity contribution in [3.63, 3.8) is 0 Å². The summed E-state index contributed by atoms with van der Waals surface area (Å²) in [5.41, 5.74) is 0. The Morgan fingerprint density at radius 2 is 2.33 bits per heavy atom. The van der Waals surface area contributed by atoms with Crippen molar-refractivity contribution in [3.05, 3.63) is 36.3 Å². The molecule has 1 aromatic rings. The van der Waals surface area contributed by atoms with Crippen molar-refractivity contribution in [2.75, 3.05) is 6.61 Å². The molecule has 1 saturated carbocycles. The molecule has 3 rings (SSSR count). The van der Waals surface area contributed by atoms with Crippen LogP contribution in [0.4, 0.5) is 0 Å². The van der Waals surface area contributed by atoms with E-state index in [0.29, 0.717) is 0 Å². The summed E-state index contributed by atoms with van der Waals surface area (Å²) < 4.78 is 5.32. The minimum absolute atomic E-state index is 0.0535. The third-order valence-electron chi connectivity index (χ3n) is 3.77. The highest BCUT2D eigenvalue weighted by Gasteiger charge is 2.46. The molecule has 1 fully saturated rings. The smallest absolute Gasteiger partial charge is 0.224 e. The Morgan fingerprint density at radius 1 is 1.44 bits per heavy atom. The van der Waals surface area contributed by atoms with Crippen LogP contribution in [0.2, 0.25) is 0 Å². The van der Waals surface area contributed by atoms with E-state index in [9.17, 15) is 4.79 Å². The lowest BCUT2D eigenvalue weighted by Gasteiger charge is -2.12. The Labute approximate surface area is 106 Å². The Hall–Kier alpha value is -1.55. The summed E-state index contributed by atoms with van der Waals surface area (Å²) >= 11 is 0. The van der Waals surface area contributed by atoms with Gasteiger partial charge in [-0.05, 0) is 25.0 Å². The lowest BCUT2D eigenvalue weighted by atomic mass is 10.1. The first-order valence-corrected chi connectivity index (χ1v) is 6.41. The maximum atomic E-state index is 12.0. The van der Waals surface area contributed by atoms with Crippen LogP contribution in [-0.2, 0) is 4.79 Å². The Bertz CT molecular complexity index is 452. The molecule has 2 unspecified atom stereocenters. The molecule has 0 radical (unpaired) electrons. The molecule has 0 saturated heterocycles. The van der Waals surface area contributed by atoms with Gasteiger partial charge in [0.05, 0.1) is 6.26 Å². The molecule has 4 atom stereocenters. The van der Waals surface area contributed by atoms with Gasteiger partial charge < -0.3 is 14.8 Å². The topological polar surface area (TPSA) is 62.5 Å². The first kappa shape index (κ1) is 11.5. The fourth-order valence-corrected chi connectivity index (χ4v) is 2.61.